The lowest BCUT2D eigenvalue weighted by molar-refractivity contribution is -0.161. The van der Waals surface area contributed by atoms with Crippen molar-refractivity contribution in [2.24, 2.45) is 0 Å². The number of nitrogens with one attached hydrogen (secondary N) is 1. The maximum atomic E-state index is 13.4. The monoisotopic (exact) mass is 317 g/mol. The van der Waals surface area contributed by atoms with Crippen molar-refractivity contribution >= 4 is 5.91 Å². The van der Waals surface area contributed by atoms with Gasteiger partial charge in [-0.25, -0.2) is 4.39 Å². The summed E-state index contributed by atoms with van der Waals surface area (Å²) in [4.78, 5) is 16.6. The SMILES string of the molecule is O=C(NCc1ccccc1)C1(COF)CCc2cc(F)ccc21. The summed E-state index contributed by atoms with van der Waals surface area (Å²) in [6, 6.07) is 13.7. The van der Waals surface area contributed by atoms with Gasteiger partial charge < -0.3 is 5.32 Å². The molecule has 2 aromatic rings. The van der Waals surface area contributed by atoms with Crippen LogP contribution in [0.2, 0.25) is 0 Å². The minimum Gasteiger partial charge on any atom is -0.351 e. The van der Waals surface area contributed by atoms with Crippen LogP contribution >= 0.6 is 0 Å². The first-order valence-corrected chi connectivity index (χ1v) is 7.50. The standard InChI is InChI=1S/C18H17F2NO2/c19-15-6-7-16-14(10-15)8-9-18(16,12-23-20)17(22)21-11-13-4-2-1-3-5-13/h1-7,10H,8-9,11-12H2,(H,21,22). The summed E-state index contributed by atoms with van der Waals surface area (Å²) in [5.41, 5.74) is 1.22. The Morgan fingerprint density at radius 2 is 2.00 bits per heavy atom. The molecule has 2 aromatic carbocycles. The van der Waals surface area contributed by atoms with E-state index in [0.29, 0.717) is 24.9 Å². The smallest absolute Gasteiger partial charge is 0.233 e. The van der Waals surface area contributed by atoms with Crippen molar-refractivity contribution < 1.29 is 18.7 Å². The van der Waals surface area contributed by atoms with Gasteiger partial charge in [-0.05, 0) is 46.2 Å². The Hall–Kier alpha value is -2.27. The van der Waals surface area contributed by atoms with Crippen LogP contribution in [-0.4, -0.2) is 12.5 Å². The average molecular weight is 317 g/mol. The topological polar surface area (TPSA) is 38.3 Å². The highest BCUT2D eigenvalue weighted by atomic mass is 19.3. The molecule has 5 heteroatoms. The van der Waals surface area contributed by atoms with Gasteiger partial charge in [-0.1, -0.05) is 36.4 Å². The van der Waals surface area contributed by atoms with Crippen molar-refractivity contribution in [1.29, 1.82) is 0 Å². The summed E-state index contributed by atoms with van der Waals surface area (Å²) < 4.78 is 26.0. The van der Waals surface area contributed by atoms with Crippen LogP contribution in [0.1, 0.15) is 23.1 Å². The Balaban J connectivity index is 1.83. The van der Waals surface area contributed by atoms with Crippen molar-refractivity contribution in [3.8, 4) is 0 Å². The summed E-state index contributed by atoms with van der Waals surface area (Å²) in [5, 5.41) is 2.84. The molecule has 3 rings (SSSR count). The maximum Gasteiger partial charge on any atom is 0.233 e. The van der Waals surface area contributed by atoms with E-state index in [1.807, 2.05) is 30.3 Å². The van der Waals surface area contributed by atoms with E-state index < -0.39 is 5.41 Å². The molecule has 0 saturated heterocycles. The van der Waals surface area contributed by atoms with Crippen molar-refractivity contribution in [2.45, 2.75) is 24.8 Å². The zero-order chi connectivity index (χ0) is 16.3. The molecule has 1 amide bonds. The van der Waals surface area contributed by atoms with Crippen LogP contribution in [0.4, 0.5) is 8.92 Å². The maximum absolute atomic E-state index is 13.4. The number of hydrogen-bond acceptors (Lipinski definition) is 2. The number of fused-ring (bicyclic) bond motifs is 1. The van der Waals surface area contributed by atoms with Crippen molar-refractivity contribution in [3.05, 3.63) is 71.0 Å². The number of carbonyl (C=O) groups excluding carboxylic acids is 1. The second-order valence-corrected chi connectivity index (χ2v) is 5.81. The molecule has 0 bridgehead atoms. The first-order valence-electron chi connectivity index (χ1n) is 7.50. The molecule has 1 aliphatic rings. The van der Waals surface area contributed by atoms with Crippen LogP contribution < -0.4 is 5.32 Å². The Morgan fingerprint density at radius 1 is 1.22 bits per heavy atom. The van der Waals surface area contributed by atoms with Gasteiger partial charge in [-0.15, -0.1) is 0 Å². The van der Waals surface area contributed by atoms with E-state index in [1.165, 1.54) is 12.1 Å². The number of halogens is 2. The highest BCUT2D eigenvalue weighted by Crippen LogP contribution is 2.40. The minimum atomic E-state index is -1.10. The van der Waals surface area contributed by atoms with Gasteiger partial charge in [0, 0.05) is 6.54 Å². The molecule has 23 heavy (non-hydrogen) atoms. The van der Waals surface area contributed by atoms with Crippen molar-refractivity contribution in [2.75, 3.05) is 6.61 Å². The largest absolute Gasteiger partial charge is 0.351 e. The third kappa shape index (κ3) is 2.97. The molecule has 120 valence electrons. The molecule has 1 unspecified atom stereocenters. The fraction of sp³-hybridized carbons (Fsp3) is 0.278. The fourth-order valence-electron chi connectivity index (χ4n) is 3.21. The summed E-state index contributed by atoms with van der Waals surface area (Å²) in [6.45, 7) is -0.0174. The first kappa shape index (κ1) is 15.6. The highest BCUT2D eigenvalue weighted by Gasteiger charge is 2.46. The number of amides is 1. The Bertz CT molecular complexity index is 705. The normalized spacial score (nSPS) is 19.4. The minimum absolute atomic E-state index is 0.302. The Morgan fingerprint density at radius 3 is 2.74 bits per heavy atom. The van der Waals surface area contributed by atoms with Gasteiger partial charge in [0.15, 0.2) is 0 Å². The molecule has 0 spiro atoms. The van der Waals surface area contributed by atoms with E-state index in [2.05, 4.69) is 10.3 Å². The van der Waals surface area contributed by atoms with Crippen molar-refractivity contribution in [3.63, 3.8) is 0 Å². The van der Waals surface area contributed by atoms with Crippen LogP contribution in [0.3, 0.4) is 0 Å². The summed E-state index contributed by atoms with van der Waals surface area (Å²) in [7, 11) is 0. The molecule has 0 aromatic heterocycles. The van der Waals surface area contributed by atoms with Crippen LogP contribution in [-0.2, 0) is 28.1 Å². The lowest BCUT2D eigenvalue weighted by Crippen LogP contribution is -2.45. The molecule has 1 N–H and O–H groups in total. The summed E-state index contributed by atoms with van der Waals surface area (Å²) >= 11 is 0. The number of rotatable bonds is 5. The van der Waals surface area contributed by atoms with E-state index in [1.54, 1.807) is 6.07 Å². The quantitative estimate of drug-likeness (QED) is 0.919. The average Bonchev–Trinajstić information content (AvgIpc) is 2.93. The van der Waals surface area contributed by atoms with E-state index in [-0.39, 0.29) is 18.3 Å². The summed E-state index contributed by atoms with van der Waals surface area (Å²) in [5.74, 6) is -0.658. The van der Waals surface area contributed by atoms with E-state index >= 15 is 0 Å². The van der Waals surface area contributed by atoms with Crippen LogP contribution in [0.15, 0.2) is 48.5 Å². The summed E-state index contributed by atoms with van der Waals surface area (Å²) in [6.07, 6.45) is 0.922. The number of hydrogen-bond donors (Lipinski definition) is 1. The predicted octanol–water partition coefficient (Wildman–Crippen LogP) is 3.23. The van der Waals surface area contributed by atoms with Crippen LogP contribution in [0.25, 0.3) is 0 Å². The number of aryl methyl sites for hydroxylation is 1. The van der Waals surface area contributed by atoms with E-state index in [4.69, 9.17) is 0 Å². The molecule has 0 fully saturated rings. The molecule has 3 nitrogen and oxygen atoms in total. The van der Waals surface area contributed by atoms with Gasteiger partial charge in [0.25, 0.3) is 0 Å². The molecular formula is C18H17F2NO2. The molecule has 1 atom stereocenters. The first-order chi connectivity index (χ1) is 11.2. The number of benzene rings is 2. The molecule has 0 heterocycles. The van der Waals surface area contributed by atoms with Gasteiger partial charge in [-0.2, -0.15) is 4.94 Å². The number of carbonyl (C=O) groups is 1. The second kappa shape index (κ2) is 6.46. The van der Waals surface area contributed by atoms with E-state index in [0.717, 1.165) is 11.1 Å². The predicted molar refractivity (Wildman–Crippen MR) is 81.7 cm³/mol. The highest BCUT2D eigenvalue weighted by molar-refractivity contribution is 5.89. The fourth-order valence-corrected chi connectivity index (χ4v) is 3.21. The Labute approximate surface area is 133 Å². The second-order valence-electron chi connectivity index (χ2n) is 5.81. The zero-order valence-corrected chi connectivity index (χ0v) is 12.5. The lowest BCUT2D eigenvalue weighted by Gasteiger charge is -2.27. The molecular weight excluding hydrogens is 300 g/mol. The van der Waals surface area contributed by atoms with Gasteiger partial charge in [-0.3, -0.25) is 4.79 Å². The molecule has 0 radical (unpaired) electrons. The van der Waals surface area contributed by atoms with Crippen LogP contribution in [0.5, 0.6) is 0 Å². The molecule has 0 saturated carbocycles. The molecule has 0 aliphatic heterocycles. The lowest BCUT2D eigenvalue weighted by atomic mass is 9.81. The third-order valence-corrected chi connectivity index (χ3v) is 4.44. The van der Waals surface area contributed by atoms with Gasteiger partial charge in [0.05, 0.1) is 0 Å². The molecule has 1 aliphatic carbocycles. The van der Waals surface area contributed by atoms with E-state index in [9.17, 15) is 13.7 Å². The van der Waals surface area contributed by atoms with Gasteiger partial charge >= 0.3 is 0 Å². The Kier molecular flexibility index (Phi) is 4.39. The third-order valence-electron chi connectivity index (χ3n) is 4.44. The van der Waals surface area contributed by atoms with Crippen LogP contribution in [0, 0.1) is 5.82 Å². The van der Waals surface area contributed by atoms with Crippen molar-refractivity contribution in [1.82, 2.24) is 5.32 Å². The van der Waals surface area contributed by atoms with Gasteiger partial charge in [0.1, 0.15) is 17.8 Å². The van der Waals surface area contributed by atoms with Gasteiger partial charge in [0.2, 0.25) is 5.91 Å². The zero-order valence-electron chi connectivity index (χ0n) is 12.5.